The van der Waals surface area contributed by atoms with Crippen LogP contribution in [-0.2, 0) is 0 Å². The van der Waals surface area contributed by atoms with E-state index in [0.29, 0.717) is 6.54 Å². The molecule has 0 aromatic heterocycles. The van der Waals surface area contributed by atoms with Gasteiger partial charge < -0.3 is 10.8 Å². The van der Waals surface area contributed by atoms with E-state index < -0.39 is 0 Å². The number of rotatable bonds is 5. The minimum atomic E-state index is -0.351. The largest absolute Gasteiger partial charge is 0.392 e. The molecule has 0 amide bonds. The smallest absolute Gasteiger partial charge is 0.0646 e. The SMILES string of the molecule is CCC(C)C(O)C(CN)c1ccccc1C. The second-order valence-electron chi connectivity index (χ2n) is 4.57. The Kier molecular flexibility index (Phi) is 4.97. The fourth-order valence-electron chi connectivity index (χ4n) is 2.09. The molecule has 2 nitrogen and oxygen atoms in total. The van der Waals surface area contributed by atoms with Gasteiger partial charge in [-0.05, 0) is 24.0 Å². The van der Waals surface area contributed by atoms with Gasteiger partial charge in [-0.1, -0.05) is 44.5 Å². The predicted octanol–water partition coefficient (Wildman–Crippen LogP) is 2.44. The predicted molar refractivity (Wildman–Crippen MR) is 68.4 cm³/mol. The van der Waals surface area contributed by atoms with E-state index in [-0.39, 0.29) is 17.9 Å². The van der Waals surface area contributed by atoms with Crippen LogP contribution in [0.15, 0.2) is 24.3 Å². The molecule has 0 bridgehead atoms. The van der Waals surface area contributed by atoms with E-state index in [1.54, 1.807) is 0 Å². The van der Waals surface area contributed by atoms with Gasteiger partial charge in [0.05, 0.1) is 6.10 Å². The summed E-state index contributed by atoms with van der Waals surface area (Å²) in [7, 11) is 0. The Morgan fingerprint density at radius 3 is 2.44 bits per heavy atom. The lowest BCUT2D eigenvalue weighted by Crippen LogP contribution is -2.31. The molecule has 3 N–H and O–H groups in total. The molecule has 0 aliphatic rings. The summed E-state index contributed by atoms with van der Waals surface area (Å²) >= 11 is 0. The van der Waals surface area contributed by atoms with Crippen LogP contribution in [0.4, 0.5) is 0 Å². The molecule has 0 saturated carbocycles. The van der Waals surface area contributed by atoms with Gasteiger partial charge in [0.2, 0.25) is 0 Å². The number of aliphatic hydroxyl groups excluding tert-OH is 1. The summed E-state index contributed by atoms with van der Waals surface area (Å²) in [5, 5.41) is 10.3. The minimum Gasteiger partial charge on any atom is -0.392 e. The Labute approximate surface area is 98.5 Å². The summed E-state index contributed by atoms with van der Waals surface area (Å²) < 4.78 is 0. The maximum atomic E-state index is 10.3. The van der Waals surface area contributed by atoms with E-state index in [0.717, 1.165) is 6.42 Å². The summed E-state index contributed by atoms with van der Waals surface area (Å²) in [4.78, 5) is 0. The summed E-state index contributed by atoms with van der Waals surface area (Å²) in [6.07, 6.45) is 0.625. The highest BCUT2D eigenvalue weighted by atomic mass is 16.3. The quantitative estimate of drug-likeness (QED) is 0.802. The van der Waals surface area contributed by atoms with Crippen LogP contribution in [0, 0.1) is 12.8 Å². The third-order valence-electron chi connectivity index (χ3n) is 3.48. The van der Waals surface area contributed by atoms with Gasteiger partial charge in [-0.2, -0.15) is 0 Å². The Balaban J connectivity index is 2.94. The van der Waals surface area contributed by atoms with Gasteiger partial charge in [0.25, 0.3) is 0 Å². The van der Waals surface area contributed by atoms with Crippen molar-refractivity contribution >= 4 is 0 Å². The molecule has 2 heteroatoms. The highest BCUT2D eigenvalue weighted by molar-refractivity contribution is 5.30. The van der Waals surface area contributed by atoms with E-state index in [2.05, 4.69) is 32.9 Å². The van der Waals surface area contributed by atoms with Crippen LogP contribution in [0.25, 0.3) is 0 Å². The maximum absolute atomic E-state index is 10.3. The van der Waals surface area contributed by atoms with Crippen LogP contribution in [0.1, 0.15) is 37.3 Å². The molecule has 0 saturated heterocycles. The van der Waals surface area contributed by atoms with Gasteiger partial charge in [0.15, 0.2) is 0 Å². The van der Waals surface area contributed by atoms with E-state index in [1.807, 2.05) is 12.1 Å². The Morgan fingerprint density at radius 2 is 1.94 bits per heavy atom. The summed E-state index contributed by atoms with van der Waals surface area (Å²) in [6.45, 7) is 6.74. The van der Waals surface area contributed by atoms with Crippen LogP contribution < -0.4 is 5.73 Å². The van der Waals surface area contributed by atoms with E-state index in [1.165, 1.54) is 11.1 Å². The molecule has 3 unspecified atom stereocenters. The molecular formula is C14H23NO. The first-order valence-electron chi connectivity index (χ1n) is 6.05. The molecule has 1 aromatic rings. The fraction of sp³-hybridized carbons (Fsp3) is 0.571. The van der Waals surface area contributed by atoms with Gasteiger partial charge in [-0.15, -0.1) is 0 Å². The highest BCUT2D eigenvalue weighted by Crippen LogP contribution is 2.27. The average molecular weight is 221 g/mol. The van der Waals surface area contributed by atoms with Crippen molar-refractivity contribution < 1.29 is 5.11 Å². The zero-order valence-corrected chi connectivity index (χ0v) is 10.5. The summed E-state index contributed by atoms with van der Waals surface area (Å²) in [5.74, 6) is 0.337. The monoisotopic (exact) mass is 221 g/mol. The molecule has 3 atom stereocenters. The van der Waals surface area contributed by atoms with Gasteiger partial charge in [-0.25, -0.2) is 0 Å². The lowest BCUT2D eigenvalue weighted by Gasteiger charge is -2.27. The molecule has 0 heterocycles. The van der Waals surface area contributed by atoms with Crippen molar-refractivity contribution in [2.45, 2.75) is 39.2 Å². The van der Waals surface area contributed by atoms with Crippen molar-refractivity contribution in [2.75, 3.05) is 6.54 Å². The number of aliphatic hydroxyl groups is 1. The second kappa shape index (κ2) is 6.02. The zero-order chi connectivity index (χ0) is 12.1. The van der Waals surface area contributed by atoms with Crippen molar-refractivity contribution in [2.24, 2.45) is 11.7 Å². The average Bonchev–Trinajstić information content (AvgIpc) is 2.31. The van der Waals surface area contributed by atoms with Crippen LogP contribution in [0.5, 0.6) is 0 Å². The van der Waals surface area contributed by atoms with Crippen LogP contribution in [-0.4, -0.2) is 17.8 Å². The molecule has 16 heavy (non-hydrogen) atoms. The fourth-order valence-corrected chi connectivity index (χ4v) is 2.09. The lowest BCUT2D eigenvalue weighted by atomic mass is 9.84. The first-order valence-corrected chi connectivity index (χ1v) is 6.05. The standard InChI is InChI=1S/C14H23NO/c1-4-10(2)14(16)13(9-15)12-8-6-5-7-11(12)3/h5-8,10,13-14,16H,4,9,15H2,1-3H3. The normalized spacial score (nSPS) is 16.8. The number of benzene rings is 1. The van der Waals surface area contributed by atoms with Gasteiger partial charge in [0.1, 0.15) is 0 Å². The molecule has 0 fully saturated rings. The molecule has 1 rings (SSSR count). The molecular weight excluding hydrogens is 198 g/mol. The molecule has 1 aromatic carbocycles. The van der Waals surface area contributed by atoms with E-state index >= 15 is 0 Å². The number of hydrogen-bond donors (Lipinski definition) is 2. The van der Waals surface area contributed by atoms with Crippen LogP contribution in [0.2, 0.25) is 0 Å². The molecule has 0 spiro atoms. The number of nitrogens with two attached hydrogens (primary N) is 1. The van der Waals surface area contributed by atoms with Crippen molar-refractivity contribution in [3.63, 3.8) is 0 Å². The second-order valence-corrected chi connectivity index (χ2v) is 4.57. The topological polar surface area (TPSA) is 46.2 Å². The van der Waals surface area contributed by atoms with Crippen molar-refractivity contribution in [3.8, 4) is 0 Å². The Hall–Kier alpha value is -0.860. The van der Waals surface area contributed by atoms with E-state index in [9.17, 15) is 5.11 Å². The molecule has 0 radical (unpaired) electrons. The first kappa shape index (κ1) is 13.2. The van der Waals surface area contributed by atoms with Gasteiger partial charge in [-0.3, -0.25) is 0 Å². The number of hydrogen-bond acceptors (Lipinski definition) is 2. The summed E-state index contributed by atoms with van der Waals surface area (Å²) in [6, 6.07) is 8.16. The molecule has 0 aliphatic heterocycles. The van der Waals surface area contributed by atoms with Crippen LogP contribution in [0.3, 0.4) is 0 Å². The maximum Gasteiger partial charge on any atom is 0.0646 e. The zero-order valence-electron chi connectivity index (χ0n) is 10.5. The van der Waals surface area contributed by atoms with Crippen LogP contribution >= 0.6 is 0 Å². The van der Waals surface area contributed by atoms with Gasteiger partial charge >= 0.3 is 0 Å². The lowest BCUT2D eigenvalue weighted by molar-refractivity contribution is 0.0884. The minimum absolute atomic E-state index is 0.0520. The Bertz CT molecular complexity index is 324. The molecule has 90 valence electrons. The summed E-state index contributed by atoms with van der Waals surface area (Å²) in [5.41, 5.74) is 8.19. The van der Waals surface area contributed by atoms with Gasteiger partial charge in [0, 0.05) is 12.5 Å². The van der Waals surface area contributed by atoms with Crippen molar-refractivity contribution in [3.05, 3.63) is 35.4 Å². The number of aryl methyl sites for hydroxylation is 1. The Morgan fingerprint density at radius 1 is 1.31 bits per heavy atom. The van der Waals surface area contributed by atoms with E-state index in [4.69, 9.17) is 5.73 Å². The first-order chi connectivity index (χ1) is 7.61. The third kappa shape index (κ3) is 2.83. The van der Waals surface area contributed by atoms with Crippen molar-refractivity contribution in [1.29, 1.82) is 0 Å². The third-order valence-corrected chi connectivity index (χ3v) is 3.48. The highest BCUT2D eigenvalue weighted by Gasteiger charge is 2.24. The van der Waals surface area contributed by atoms with Crippen molar-refractivity contribution in [1.82, 2.24) is 0 Å². The molecule has 0 aliphatic carbocycles.